The Hall–Kier alpha value is -3.16. The van der Waals surface area contributed by atoms with Gasteiger partial charge in [-0.15, -0.1) is 0 Å². The number of para-hydroxylation sites is 1. The van der Waals surface area contributed by atoms with E-state index >= 15 is 0 Å². The van der Waals surface area contributed by atoms with Crippen LogP contribution in [-0.2, 0) is 17.8 Å². The number of hydrogen-bond donors (Lipinski definition) is 1. The van der Waals surface area contributed by atoms with Gasteiger partial charge >= 0.3 is 0 Å². The van der Waals surface area contributed by atoms with Crippen LogP contribution in [0.5, 0.6) is 11.5 Å². The molecular weight excluding hydrogens is 492 g/mol. The van der Waals surface area contributed by atoms with Crippen molar-refractivity contribution in [1.29, 1.82) is 0 Å². The molecule has 0 spiro atoms. The maximum atomic E-state index is 12.7. The standard InChI is InChI=1S/C27H27BrN4O2/c28-27-24-13-10-21(19-25(24)32(30-27)17-16-31-14-4-5-15-31)29-26(33)18-20-8-11-23(12-9-20)34-22-6-2-1-3-7-22/h1-3,6-13,19H,4-5,14-18H2,(H,29,33). The van der Waals surface area contributed by atoms with Crippen LogP contribution in [0.15, 0.2) is 77.4 Å². The van der Waals surface area contributed by atoms with Gasteiger partial charge in [0.25, 0.3) is 0 Å². The minimum atomic E-state index is -0.0572. The number of nitrogens with zero attached hydrogens (tertiary/aromatic N) is 3. The van der Waals surface area contributed by atoms with Gasteiger partial charge in [0.05, 0.1) is 18.5 Å². The number of fused-ring (bicyclic) bond motifs is 1. The molecule has 1 aromatic heterocycles. The Morgan fingerprint density at radius 2 is 1.68 bits per heavy atom. The van der Waals surface area contributed by atoms with Gasteiger partial charge in [-0.05, 0) is 89.9 Å². The quantitative estimate of drug-likeness (QED) is 0.317. The lowest BCUT2D eigenvalue weighted by Gasteiger charge is -2.14. The molecule has 0 saturated carbocycles. The third kappa shape index (κ3) is 5.48. The molecule has 0 aliphatic carbocycles. The van der Waals surface area contributed by atoms with E-state index in [0.717, 1.165) is 51.3 Å². The van der Waals surface area contributed by atoms with Crippen LogP contribution in [0.3, 0.4) is 0 Å². The predicted molar refractivity (Wildman–Crippen MR) is 138 cm³/mol. The zero-order chi connectivity index (χ0) is 23.3. The van der Waals surface area contributed by atoms with E-state index in [2.05, 4.69) is 31.2 Å². The van der Waals surface area contributed by atoms with Crippen molar-refractivity contribution in [2.45, 2.75) is 25.8 Å². The molecular formula is C27H27BrN4O2. The van der Waals surface area contributed by atoms with E-state index in [4.69, 9.17) is 4.74 Å². The van der Waals surface area contributed by atoms with Gasteiger partial charge in [-0.25, -0.2) is 0 Å². The smallest absolute Gasteiger partial charge is 0.228 e. The lowest BCUT2D eigenvalue weighted by Crippen LogP contribution is -2.24. The van der Waals surface area contributed by atoms with Crippen molar-refractivity contribution < 1.29 is 9.53 Å². The SMILES string of the molecule is O=C(Cc1ccc(Oc2ccccc2)cc1)Nc1ccc2c(Br)nn(CCN3CCCC3)c2c1. The average Bonchev–Trinajstić information content (AvgIpc) is 3.47. The Kier molecular flexibility index (Phi) is 6.92. The Balaban J connectivity index is 1.22. The number of ether oxygens (including phenoxy) is 1. The average molecular weight is 519 g/mol. The summed E-state index contributed by atoms with van der Waals surface area (Å²) < 4.78 is 8.68. The Morgan fingerprint density at radius 1 is 0.941 bits per heavy atom. The lowest BCUT2D eigenvalue weighted by molar-refractivity contribution is -0.115. The van der Waals surface area contributed by atoms with E-state index in [1.807, 2.05) is 77.5 Å². The zero-order valence-corrected chi connectivity index (χ0v) is 20.5. The van der Waals surface area contributed by atoms with Crippen LogP contribution in [-0.4, -0.2) is 40.2 Å². The maximum absolute atomic E-state index is 12.7. The number of nitrogens with one attached hydrogen (secondary N) is 1. The summed E-state index contributed by atoms with van der Waals surface area (Å²) in [5, 5.41) is 8.74. The van der Waals surface area contributed by atoms with Gasteiger partial charge in [-0.2, -0.15) is 5.10 Å². The first-order valence-corrected chi connectivity index (χ1v) is 12.4. The molecule has 5 rings (SSSR count). The summed E-state index contributed by atoms with van der Waals surface area (Å²) >= 11 is 3.57. The van der Waals surface area contributed by atoms with Gasteiger partial charge in [0, 0.05) is 17.6 Å². The van der Waals surface area contributed by atoms with Gasteiger partial charge in [0.15, 0.2) is 0 Å². The van der Waals surface area contributed by atoms with Crippen LogP contribution >= 0.6 is 15.9 Å². The van der Waals surface area contributed by atoms with E-state index in [1.54, 1.807) is 0 Å². The van der Waals surface area contributed by atoms with E-state index < -0.39 is 0 Å². The van der Waals surface area contributed by atoms with E-state index in [9.17, 15) is 4.79 Å². The molecule has 0 radical (unpaired) electrons. The fourth-order valence-corrected chi connectivity index (χ4v) is 4.84. The molecule has 34 heavy (non-hydrogen) atoms. The second-order valence-electron chi connectivity index (χ2n) is 8.58. The minimum absolute atomic E-state index is 0.0572. The second-order valence-corrected chi connectivity index (χ2v) is 9.33. The van der Waals surface area contributed by atoms with Crippen LogP contribution in [0.25, 0.3) is 10.9 Å². The Bertz CT molecular complexity index is 1270. The third-order valence-corrected chi connectivity index (χ3v) is 6.67. The largest absolute Gasteiger partial charge is 0.457 e. The fraction of sp³-hybridized carbons (Fsp3) is 0.259. The monoisotopic (exact) mass is 518 g/mol. The number of halogens is 1. The van der Waals surface area contributed by atoms with Gasteiger partial charge < -0.3 is 15.0 Å². The molecule has 1 amide bonds. The zero-order valence-electron chi connectivity index (χ0n) is 18.9. The van der Waals surface area contributed by atoms with Gasteiger partial charge in [-0.1, -0.05) is 30.3 Å². The number of carbonyl (C=O) groups excluding carboxylic acids is 1. The Labute approximate surface area is 207 Å². The van der Waals surface area contributed by atoms with Crippen LogP contribution in [0.2, 0.25) is 0 Å². The summed E-state index contributed by atoms with van der Waals surface area (Å²) in [7, 11) is 0. The number of carbonyl (C=O) groups is 1. The molecule has 0 bridgehead atoms. The molecule has 1 saturated heterocycles. The number of hydrogen-bond acceptors (Lipinski definition) is 4. The van der Waals surface area contributed by atoms with Crippen molar-refractivity contribution in [3.8, 4) is 11.5 Å². The van der Waals surface area contributed by atoms with E-state index in [0.29, 0.717) is 6.42 Å². The van der Waals surface area contributed by atoms with Crippen molar-refractivity contribution in [2.75, 3.05) is 25.0 Å². The lowest BCUT2D eigenvalue weighted by atomic mass is 10.1. The molecule has 4 aromatic rings. The predicted octanol–water partition coefficient (Wildman–Crippen LogP) is 5.87. The summed E-state index contributed by atoms with van der Waals surface area (Å²) in [5.41, 5.74) is 2.72. The van der Waals surface area contributed by atoms with Gasteiger partial charge in [0.1, 0.15) is 16.1 Å². The molecule has 1 fully saturated rings. The summed E-state index contributed by atoms with van der Waals surface area (Å²) in [6.45, 7) is 4.16. The number of aromatic nitrogens is 2. The summed E-state index contributed by atoms with van der Waals surface area (Å²) in [6, 6.07) is 23.2. The number of anilines is 1. The highest BCUT2D eigenvalue weighted by Gasteiger charge is 2.14. The molecule has 174 valence electrons. The maximum Gasteiger partial charge on any atom is 0.228 e. The molecule has 2 heterocycles. The molecule has 6 nitrogen and oxygen atoms in total. The summed E-state index contributed by atoms with van der Waals surface area (Å²) in [6.07, 6.45) is 2.85. The normalized spacial score (nSPS) is 13.9. The molecule has 7 heteroatoms. The highest BCUT2D eigenvalue weighted by molar-refractivity contribution is 9.10. The van der Waals surface area contributed by atoms with Crippen LogP contribution in [0.4, 0.5) is 5.69 Å². The van der Waals surface area contributed by atoms with Crippen molar-refractivity contribution in [2.24, 2.45) is 0 Å². The summed E-state index contributed by atoms with van der Waals surface area (Å²) in [5.74, 6) is 1.47. The number of benzene rings is 3. The number of rotatable bonds is 8. The van der Waals surface area contributed by atoms with E-state index in [1.165, 1.54) is 25.9 Å². The highest BCUT2D eigenvalue weighted by atomic mass is 79.9. The van der Waals surface area contributed by atoms with Crippen LogP contribution in [0, 0.1) is 0 Å². The topological polar surface area (TPSA) is 59.4 Å². The Morgan fingerprint density at radius 3 is 2.44 bits per heavy atom. The molecule has 1 aliphatic heterocycles. The van der Waals surface area contributed by atoms with Crippen LogP contribution < -0.4 is 10.1 Å². The van der Waals surface area contributed by atoms with Crippen molar-refractivity contribution >= 4 is 38.4 Å². The van der Waals surface area contributed by atoms with Gasteiger partial charge in [0.2, 0.25) is 5.91 Å². The number of likely N-dealkylation sites (tertiary alicyclic amines) is 1. The molecule has 3 aromatic carbocycles. The first-order chi connectivity index (χ1) is 16.6. The van der Waals surface area contributed by atoms with Crippen molar-refractivity contribution in [1.82, 2.24) is 14.7 Å². The molecule has 1 N–H and O–H groups in total. The van der Waals surface area contributed by atoms with Crippen molar-refractivity contribution in [3.05, 3.63) is 83.0 Å². The fourth-order valence-electron chi connectivity index (χ4n) is 4.31. The molecule has 0 unspecified atom stereocenters. The van der Waals surface area contributed by atoms with E-state index in [-0.39, 0.29) is 5.91 Å². The second kappa shape index (κ2) is 10.4. The van der Waals surface area contributed by atoms with Crippen LogP contribution in [0.1, 0.15) is 18.4 Å². The van der Waals surface area contributed by atoms with Crippen molar-refractivity contribution in [3.63, 3.8) is 0 Å². The van der Waals surface area contributed by atoms with Gasteiger partial charge in [-0.3, -0.25) is 9.48 Å². The number of amides is 1. The summed E-state index contributed by atoms with van der Waals surface area (Å²) in [4.78, 5) is 15.2. The first kappa shape index (κ1) is 22.6. The third-order valence-electron chi connectivity index (χ3n) is 6.08. The molecule has 1 aliphatic rings. The molecule has 0 atom stereocenters. The minimum Gasteiger partial charge on any atom is -0.457 e. The first-order valence-electron chi connectivity index (χ1n) is 11.6. The highest BCUT2D eigenvalue weighted by Crippen LogP contribution is 2.27.